The van der Waals surface area contributed by atoms with Crippen LogP contribution in [-0.2, 0) is 16.1 Å². The van der Waals surface area contributed by atoms with Gasteiger partial charge in [0.25, 0.3) is 5.91 Å². The number of nitrogens with one attached hydrogen (secondary N) is 3. The van der Waals surface area contributed by atoms with Gasteiger partial charge in [0.05, 0.1) is 0 Å². The van der Waals surface area contributed by atoms with E-state index in [1.54, 1.807) is 4.90 Å². The van der Waals surface area contributed by atoms with E-state index in [0.29, 0.717) is 42.6 Å². The maximum absolute atomic E-state index is 13.2. The highest BCUT2D eigenvalue weighted by Gasteiger charge is 2.40. The monoisotopic (exact) mass is 468 g/mol. The van der Waals surface area contributed by atoms with Crippen molar-refractivity contribution in [3.05, 3.63) is 29.3 Å². The van der Waals surface area contributed by atoms with Gasteiger partial charge in [0.15, 0.2) is 0 Å². The van der Waals surface area contributed by atoms with E-state index < -0.39 is 6.04 Å². The summed E-state index contributed by atoms with van der Waals surface area (Å²) in [7, 11) is 0. The van der Waals surface area contributed by atoms with E-state index in [2.05, 4.69) is 42.8 Å². The lowest BCUT2D eigenvalue weighted by atomic mass is 9.79. The minimum absolute atomic E-state index is 0.112. The Morgan fingerprint density at radius 3 is 2.53 bits per heavy atom. The maximum atomic E-state index is 13.2. The first-order chi connectivity index (χ1) is 16.4. The first-order valence-electron chi connectivity index (χ1n) is 13.2. The molecule has 4 rings (SSSR count). The third kappa shape index (κ3) is 5.45. The molecule has 34 heavy (non-hydrogen) atoms. The van der Waals surface area contributed by atoms with Crippen molar-refractivity contribution < 1.29 is 14.4 Å². The molecular formula is C27H40N4O3. The molecule has 3 aliphatic rings. The van der Waals surface area contributed by atoms with Crippen LogP contribution in [0, 0.1) is 5.92 Å². The molecule has 1 aliphatic carbocycles. The number of imide groups is 1. The SMILES string of the molecule is CCCC[C@@H](Nc1cccc2c1CN([C@@H]1CCC(=O)NC1=O)C2=O)C1CCC(NC(C)C)CC1. The van der Waals surface area contributed by atoms with Gasteiger partial charge in [-0.05, 0) is 56.6 Å². The molecule has 1 saturated heterocycles. The Morgan fingerprint density at radius 2 is 1.85 bits per heavy atom. The normalized spacial score (nSPS) is 25.9. The van der Waals surface area contributed by atoms with Gasteiger partial charge in [-0.25, -0.2) is 0 Å². The molecule has 1 aromatic carbocycles. The zero-order valence-electron chi connectivity index (χ0n) is 20.9. The summed E-state index contributed by atoms with van der Waals surface area (Å²) >= 11 is 0. The summed E-state index contributed by atoms with van der Waals surface area (Å²) in [6.07, 6.45) is 8.97. The Bertz CT molecular complexity index is 907. The van der Waals surface area contributed by atoms with E-state index in [4.69, 9.17) is 0 Å². The lowest BCUT2D eigenvalue weighted by Gasteiger charge is -2.36. The summed E-state index contributed by atoms with van der Waals surface area (Å²) in [5.74, 6) is -0.112. The second-order valence-corrected chi connectivity index (χ2v) is 10.6. The van der Waals surface area contributed by atoms with Crippen LogP contribution in [0.4, 0.5) is 5.69 Å². The van der Waals surface area contributed by atoms with Crippen LogP contribution in [0.25, 0.3) is 0 Å². The number of fused-ring (bicyclic) bond motifs is 1. The molecule has 0 radical (unpaired) electrons. The first-order valence-corrected chi connectivity index (χ1v) is 13.2. The molecule has 186 valence electrons. The molecule has 3 amide bonds. The molecular weight excluding hydrogens is 428 g/mol. The van der Waals surface area contributed by atoms with Crippen LogP contribution in [0.2, 0.25) is 0 Å². The molecule has 1 saturated carbocycles. The molecule has 2 heterocycles. The zero-order valence-corrected chi connectivity index (χ0v) is 20.9. The average Bonchev–Trinajstić information content (AvgIpc) is 3.14. The molecule has 0 spiro atoms. The van der Waals surface area contributed by atoms with Gasteiger partial charge in [0, 0.05) is 47.9 Å². The summed E-state index contributed by atoms with van der Waals surface area (Å²) in [4.78, 5) is 38.8. The predicted octanol–water partition coefficient (Wildman–Crippen LogP) is 3.98. The van der Waals surface area contributed by atoms with E-state index in [9.17, 15) is 14.4 Å². The molecule has 2 fully saturated rings. The van der Waals surface area contributed by atoms with E-state index in [1.807, 2.05) is 12.1 Å². The first kappa shape index (κ1) is 24.7. The van der Waals surface area contributed by atoms with Crippen molar-refractivity contribution in [1.82, 2.24) is 15.5 Å². The highest BCUT2D eigenvalue weighted by Crippen LogP contribution is 2.36. The van der Waals surface area contributed by atoms with Crippen LogP contribution in [0.5, 0.6) is 0 Å². The molecule has 0 aromatic heterocycles. The zero-order chi connectivity index (χ0) is 24.2. The fourth-order valence-corrected chi connectivity index (χ4v) is 5.93. The number of anilines is 1. The van der Waals surface area contributed by atoms with E-state index in [0.717, 1.165) is 24.1 Å². The van der Waals surface area contributed by atoms with Crippen LogP contribution < -0.4 is 16.0 Å². The van der Waals surface area contributed by atoms with Gasteiger partial charge in [-0.15, -0.1) is 0 Å². The number of unbranched alkanes of at least 4 members (excludes halogenated alkanes) is 1. The second kappa shape index (κ2) is 10.9. The lowest BCUT2D eigenvalue weighted by Crippen LogP contribution is -2.52. The van der Waals surface area contributed by atoms with Crippen LogP contribution >= 0.6 is 0 Å². The van der Waals surface area contributed by atoms with Crippen molar-refractivity contribution in [3.8, 4) is 0 Å². The number of benzene rings is 1. The molecule has 2 aliphatic heterocycles. The number of rotatable bonds is 9. The fourth-order valence-electron chi connectivity index (χ4n) is 5.93. The van der Waals surface area contributed by atoms with E-state index in [-0.39, 0.29) is 24.1 Å². The Morgan fingerprint density at radius 1 is 1.09 bits per heavy atom. The van der Waals surface area contributed by atoms with Crippen molar-refractivity contribution in [2.24, 2.45) is 5.92 Å². The van der Waals surface area contributed by atoms with Gasteiger partial charge in [0.1, 0.15) is 6.04 Å². The third-order valence-electron chi connectivity index (χ3n) is 7.70. The second-order valence-electron chi connectivity index (χ2n) is 10.6. The number of carbonyl (C=O) groups excluding carboxylic acids is 3. The topological polar surface area (TPSA) is 90.5 Å². The smallest absolute Gasteiger partial charge is 0.255 e. The number of nitrogens with zero attached hydrogens (tertiary/aromatic N) is 1. The van der Waals surface area contributed by atoms with Crippen molar-refractivity contribution >= 4 is 23.4 Å². The number of piperidine rings is 1. The standard InChI is InChI=1S/C27H40N4O3/c1-4-5-8-22(18-10-12-19(13-11-18)28-17(2)3)29-23-9-6-7-20-21(23)16-31(27(20)34)24-14-15-25(32)30-26(24)33/h6-7,9,17-19,22,24,28-29H,4-5,8,10-16H2,1-3H3,(H,30,32,33)/t18?,19?,22-,24-/m1/s1. The van der Waals surface area contributed by atoms with Gasteiger partial charge in [-0.3, -0.25) is 19.7 Å². The Hall–Kier alpha value is -2.41. The van der Waals surface area contributed by atoms with Gasteiger partial charge in [0.2, 0.25) is 11.8 Å². The Balaban J connectivity index is 1.48. The summed E-state index contributed by atoms with van der Waals surface area (Å²) in [5.41, 5.74) is 2.67. The lowest BCUT2D eigenvalue weighted by molar-refractivity contribution is -0.136. The number of amides is 3. The third-order valence-corrected chi connectivity index (χ3v) is 7.70. The largest absolute Gasteiger partial charge is 0.382 e. The number of hydrogen-bond donors (Lipinski definition) is 3. The van der Waals surface area contributed by atoms with Gasteiger partial charge in [-0.2, -0.15) is 0 Å². The Kier molecular flexibility index (Phi) is 7.91. The van der Waals surface area contributed by atoms with Crippen molar-refractivity contribution in [1.29, 1.82) is 0 Å². The Labute approximate surface area is 203 Å². The molecule has 3 N–H and O–H groups in total. The molecule has 7 heteroatoms. The molecule has 0 unspecified atom stereocenters. The van der Waals surface area contributed by atoms with E-state index in [1.165, 1.54) is 32.1 Å². The van der Waals surface area contributed by atoms with Gasteiger partial charge < -0.3 is 15.5 Å². The average molecular weight is 469 g/mol. The van der Waals surface area contributed by atoms with Crippen molar-refractivity contribution in [2.75, 3.05) is 5.32 Å². The van der Waals surface area contributed by atoms with E-state index >= 15 is 0 Å². The summed E-state index contributed by atoms with van der Waals surface area (Å²) < 4.78 is 0. The van der Waals surface area contributed by atoms with Crippen LogP contribution in [-0.4, -0.2) is 46.8 Å². The summed E-state index contributed by atoms with van der Waals surface area (Å²) in [6.45, 7) is 7.08. The highest BCUT2D eigenvalue weighted by molar-refractivity contribution is 6.06. The minimum Gasteiger partial charge on any atom is -0.382 e. The van der Waals surface area contributed by atoms with Crippen LogP contribution in [0.3, 0.4) is 0 Å². The van der Waals surface area contributed by atoms with Crippen molar-refractivity contribution in [2.45, 2.75) is 109 Å². The molecule has 1 aromatic rings. The minimum atomic E-state index is -0.579. The van der Waals surface area contributed by atoms with Crippen molar-refractivity contribution in [3.63, 3.8) is 0 Å². The fraction of sp³-hybridized carbons (Fsp3) is 0.667. The predicted molar refractivity (Wildman–Crippen MR) is 133 cm³/mol. The van der Waals surface area contributed by atoms with Crippen LogP contribution in [0.15, 0.2) is 18.2 Å². The van der Waals surface area contributed by atoms with Gasteiger partial charge >= 0.3 is 0 Å². The molecule has 7 nitrogen and oxygen atoms in total. The van der Waals surface area contributed by atoms with Gasteiger partial charge in [-0.1, -0.05) is 39.7 Å². The summed E-state index contributed by atoms with van der Waals surface area (Å²) in [5, 5.41) is 9.94. The quantitative estimate of drug-likeness (QED) is 0.477. The van der Waals surface area contributed by atoms with Crippen LogP contribution in [0.1, 0.15) is 94.5 Å². The summed E-state index contributed by atoms with van der Waals surface area (Å²) in [6, 6.07) is 6.81. The highest BCUT2D eigenvalue weighted by atomic mass is 16.2. The maximum Gasteiger partial charge on any atom is 0.255 e. The number of hydrogen-bond acceptors (Lipinski definition) is 5. The molecule has 2 atom stereocenters. The number of carbonyl (C=O) groups is 3. The molecule has 0 bridgehead atoms.